The first-order valence-electron chi connectivity index (χ1n) is 19.9. The molecule has 2 atom stereocenters. The third-order valence-electron chi connectivity index (χ3n) is 12.6. The van der Waals surface area contributed by atoms with E-state index >= 15 is 0 Å². The van der Waals surface area contributed by atoms with Gasteiger partial charge in [0, 0.05) is 34.9 Å². The monoisotopic (exact) mass is 916 g/mol. The average Bonchev–Trinajstić information content (AvgIpc) is 3.22. The fraction of sp³-hybridized carbons (Fsp3) is 0.391. The van der Waals surface area contributed by atoms with Crippen LogP contribution >= 0.6 is 44.3 Å². The number of benzene rings is 4. The zero-order chi connectivity index (χ0) is 39.1. The first kappa shape index (κ1) is 42.9. The van der Waals surface area contributed by atoms with E-state index in [1.54, 1.807) is 0 Å². The molecule has 4 saturated heterocycles. The normalized spacial score (nSPS) is 23.8. The summed E-state index contributed by atoms with van der Waals surface area (Å²) >= 11 is 6.97. The molecule has 8 nitrogen and oxygen atoms in total. The molecule has 2 unspecified atom stereocenters. The molecule has 4 aliphatic rings. The Kier molecular flexibility index (Phi) is 14.6. The van der Waals surface area contributed by atoms with Gasteiger partial charge in [0.15, 0.2) is 0 Å². The van der Waals surface area contributed by atoms with Crippen molar-refractivity contribution in [2.75, 3.05) is 26.2 Å². The minimum Gasteiger partial charge on any atom is -0.299 e. The van der Waals surface area contributed by atoms with Gasteiger partial charge in [0.05, 0.1) is 10.8 Å². The fourth-order valence-electron chi connectivity index (χ4n) is 9.59. The first-order valence-corrected chi connectivity index (χ1v) is 21.5. The van der Waals surface area contributed by atoms with Gasteiger partial charge in [-0.1, -0.05) is 117 Å². The number of likely N-dealkylation sites (tertiary alicyclic amines) is 2. The molecule has 0 aromatic heterocycles. The molecule has 0 aliphatic carbocycles. The second-order valence-electron chi connectivity index (χ2n) is 15.8. The van der Waals surface area contributed by atoms with Crippen molar-refractivity contribution in [3.8, 4) is 0 Å². The maximum Gasteiger partial charge on any atom is 0.237 e. The Morgan fingerprint density at radius 1 is 0.509 bits per heavy atom. The molecule has 0 radical (unpaired) electrons. The number of amides is 4. The third kappa shape index (κ3) is 9.80. The highest BCUT2D eigenvalue weighted by atomic mass is 79.9. The molecular weight excluding hydrogens is 868 g/mol. The van der Waals surface area contributed by atoms with Crippen molar-refractivity contribution < 1.29 is 19.2 Å². The molecule has 4 amide bonds. The molecule has 4 aliphatic heterocycles. The van der Waals surface area contributed by atoms with Gasteiger partial charge < -0.3 is 0 Å². The summed E-state index contributed by atoms with van der Waals surface area (Å²) in [5.74, 6) is -0.00980. The number of hydrogen-bond acceptors (Lipinski definition) is 6. The maximum absolute atomic E-state index is 13.1. The van der Waals surface area contributed by atoms with Crippen LogP contribution in [0.5, 0.6) is 0 Å². The number of piperidine rings is 4. The summed E-state index contributed by atoms with van der Waals surface area (Å²) in [5, 5.41) is 5.25. The number of carbonyl (C=O) groups is 4. The van der Waals surface area contributed by atoms with Crippen molar-refractivity contribution in [2.24, 2.45) is 11.8 Å². The van der Waals surface area contributed by atoms with Gasteiger partial charge in [-0.25, -0.2) is 0 Å². The Hall–Kier alpha value is -3.67. The summed E-state index contributed by atoms with van der Waals surface area (Å²) in [6.07, 6.45) is 5.91. The Morgan fingerprint density at radius 2 is 0.842 bits per heavy atom. The molecule has 0 bridgehead atoms. The van der Waals surface area contributed by atoms with E-state index in [4.69, 9.17) is 0 Å². The van der Waals surface area contributed by atoms with E-state index in [1.807, 2.05) is 60.7 Å². The molecule has 300 valence electrons. The van der Waals surface area contributed by atoms with E-state index in [0.29, 0.717) is 25.7 Å². The van der Waals surface area contributed by atoms with Gasteiger partial charge in [-0.15, -0.1) is 12.4 Å². The lowest BCUT2D eigenvalue weighted by Gasteiger charge is -2.45. The number of rotatable bonds is 8. The second kappa shape index (κ2) is 19.4. The zero-order valence-corrected chi connectivity index (χ0v) is 36.1. The van der Waals surface area contributed by atoms with Crippen molar-refractivity contribution in [2.45, 2.75) is 75.3 Å². The van der Waals surface area contributed by atoms with Gasteiger partial charge in [-0.2, -0.15) is 0 Å². The Balaban J connectivity index is 0.000000189. The molecule has 0 spiro atoms. The molecule has 4 heterocycles. The highest BCUT2D eigenvalue weighted by Crippen LogP contribution is 2.45. The average molecular weight is 919 g/mol. The Bertz CT molecular complexity index is 1840. The lowest BCUT2D eigenvalue weighted by Crippen LogP contribution is -2.57. The summed E-state index contributed by atoms with van der Waals surface area (Å²) in [6, 6.07) is 37.0. The standard InChI is InChI=1S/2C23H25BrN2O2.ClH/c2*24-20-8-6-17(7-9-20)16-26-14-11-19(12-15-26)23(18-4-2-1-3-5-18)13-10-21(27)25-22(23)28;/h2*1-9,19H,10-16H2,(H,25,27,28);1H. The summed E-state index contributed by atoms with van der Waals surface area (Å²) in [7, 11) is 0. The Morgan fingerprint density at radius 3 is 1.16 bits per heavy atom. The molecular formula is C46H51Br2ClN4O4. The van der Waals surface area contributed by atoms with E-state index in [0.717, 1.165) is 85.0 Å². The van der Waals surface area contributed by atoms with Crippen molar-refractivity contribution in [1.29, 1.82) is 0 Å². The number of nitrogens with one attached hydrogen (secondary N) is 2. The molecule has 0 saturated carbocycles. The molecule has 4 fully saturated rings. The van der Waals surface area contributed by atoms with E-state index in [9.17, 15) is 19.2 Å². The smallest absolute Gasteiger partial charge is 0.237 e. The van der Waals surface area contributed by atoms with Crippen molar-refractivity contribution in [3.05, 3.63) is 140 Å². The number of nitrogens with zero attached hydrogens (tertiary/aromatic N) is 2. The fourth-order valence-corrected chi connectivity index (χ4v) is 10.1. The molecule has 4 aromatic rings. The molecule has 4 aromatic carbocycles. The van der Waals surface area contributed by atoms with Crippen LogP contribution in [0.2, 0.25) is 0 Å². The van der Waals surface area contributed by atoms with Crippen LogP contribution in [0.4, 0.5) is 0 Å². The van der Waals surface area contributed by atoms with Gasteiger partial charge in [-0.3, -0.25) is 39.6 Å². The molecule has 2 N–H and O–H groups in total. The van der Waals surface area contributed by atoms with E-state index < -0.39 is 10.8 Å². The van der Waals surface area contributed by atoms with E-state index in [2.05, 4.69) is 101 Å². The second-order valence-corrected chi connectivity index (χ2v) is 17.6. The quantitative estimate of drug-likeness (QED) is 0.172. The van der Waals surface area contributed by atoms with E-state index in [-0.39, 0.29) is 47.9 Å². The van der Waals surface area contributed by atoms with Crippen LogP contribution in [0.15, 0.2) is 118 Å². The van der Waals surface area contributed by atoms with Crippen LogP contribution < -0.4 is 10.6 Å². The molecule has 57 heavy (non-hydrogen) atoms. The minimum atomic E-state index is -0.584. The summed E-state index contributed by atoms with van der Waals surface area (Å²) < 4.78 is 2.19. The SMILES string of the molecule is Cl.O=C1CCC(c2ccccc2)(C2CCN(Cc3ccc(Br)cc3)CC2)C(=O)N1.O=C1CCC(c2ccccc2)(C2CCN(Cc3ccc(Br)cc3)CC2)C(=O)N1. The van der Waals surface area contributed by atoms with Gasteiger partial charge in [0.25, 0.3) is 0 Å². The highest BCUT2D eigenvalue weighted by Gasteiger charge is 2.51. The van der Waals surface area contributed by atoms with Crippen LogP contribution in [0.3, 0.4) is 0 Å². The number of imide groups is 2. The van der Waals surface area contributed by atoms with Gasteiger partial charge in [0.2, 0.25) is 23.6 Å². The summed E-state index contributed by atoms with van der Waals surface area (Å²) in [6.45, 7) is 5.74. The van der Waals surface area contributed by atoms with Gasteiger partial charge >= 0.3 is 0 Å². The van der Waals surface area contributed by atoms with Crippen molar-refractivity contribution >= 4 is 67.9 Å². The lowest BCUT2D eigenvalue weighted by molar-refractivity contribution is -0.142. The predicted octanol–water partition coefficient (Wildman–Crippen LogP) is 8.49. The van der Waals surface area contributed by atoms with Crippen molar-refractivity contribution in [1.82, 2.24) is 20.4 Å². The molecule has 11 heteroatoms. The van der Waals surface area contributed by atoms with Gasteiger partial charge in [-0.05, 0) is 123 Å². The van der Waals surface area contributed by atoms with Crippen LogP contribution in [0.25, 0.3) is 0 Å². The topological polar surface area (TPSA) is 98.8 Å². The summed E-state index contributed by atoms with van der Waals surface area (Å²) in [5.41, 5.74) is 3.54. The van der Waals surface area contributed by atoms with Crippen molar-refractivity contribution in [3.63, 3.8) is 0 Å². The predicted molar refractivity (Wildman–Crippen MR) is 233 cm³/mol. The Labute approximate surface area is 359 Å². The first-order chi connectivity index (χ1) is 27.2. The van der Waals surface area contributed by atoms with Crippen LogP contribution in [0.1, 0.15) is 73.6 Å². The van der Waals surface area contributed by atoms with Crippen LogP contribution in [-0.2, 0) is 43.1 Å². The van der Waals surface area contributed by atoms with Crippen LogP contribution in [-0.4, -0.2) is 59.6 Å². The summed E-state index contributed by atoms with van der Waals surface area (Å²) in [4.78, 5) is 54.7. The number of halogens is 3. The zero-order valence-electron chi connectivity index (χ0n) is 32.1. The van der Waals surface area contributed by atoms with Gasteiger partial charge in [0.1, 0.15) is 0 Å². The highest BCUT2D eigenvalue weighted by molar-refractivity contribution is 9.10. The largest absolute Gasteiger partial charge is 0.299 e. The lowest BCUT2D eigenvalue weighted by atomic mass is 9.62. The number of carbonyl (C=O) groups excluding carboxylic acids is 4. The third-order valence-corrected chi connectivity index (χ3v) is 13.7. The number of hydrogen-bond donors (Lipinski definition) is 2. The minimum absolute atomic E-state index is 0. The van der Waals surface area contributed by atoms with E-state index in [1.165, 1.54) is 11.1 Å². The maximum atomic E-state index is 13.1. The van der Waals surface area contributed by atoms with Crippen LogP contribution in [0, 0.1) is 11.8 Å². The molecule has 8 rings (SSSR count).